The molecular weight excluding hydrogens is 571 g/mol. The largest absolute Gasteiger partial charge is 0.398 e. The first-order valence-corrected chi connectivity index (χ1v) is 11.2. The zero-order chi connectivity index (χ0) is 20.7. The van der Waals surface area contributed by atoms with Crippen LogP contribution in [0.25, 0.3) is 5.69 Å². The Balaban J connectivity index is 0.00000320. The van der Waals surface area contributed by atoms with Crippen LogP contribution < -0.4 is 5.32 Å². The molecule has 1 aromatic heterocycles. The van der Waals surface area contributed by atoms with E-state index in [2.05, 4.69) is 22.1 Å². The number of amides is 1. The summed E-state index contributed by atoms with van der Waals surface area (Å²) in [6.45, 7) is 3.84. The fraction of sp³-hybridized carbons (Fsp3) is 0.143. The van der Waals surface area contributed by atoms with E-state index >= 15 is 0 Å². The first kappa shape index (κ1) is 23.8. The number of rotatable bonds is 8. The molecule has 1 amide bonds. The van der Waals surface area contributed by atoms with Crippen molar-refractivity contribution in [2.75, 3.05) is 13.4 Å². The van der Waals surface area contributed by atoms with E-state index in [0.717, 1.165) is 11.3 Å². The first-order chi connectivity index (χ1) is 14.0. The summed E-state index contributed by atoms with van der Waals surface area (Å²) in [5.41, 5.74) is 2.58. The topological polar surface area (TPSA) is 85.6 Å². The summed E-state index contributed by atoms with van der Waals surface area (Å²) in [7, 11) is -1.52. The van der Waals surface area contributed by atoms with Gasteiger partial charge < -0.3 is 19.3 Å². The summed E-state index contributed by atoms with van der Waals surface area (Å²) in [4.78, 5) is 21.3. The number of nitrogens with zero attached hydrogens (tertiary/aromatic N) is 3. The quantitative estimate of drug-likeness (QED) is 0.187. The monoisotopic (exact) mass is 593 g/mol. The van der Waals surface area contributed by atoms with Gasteiger partial charge in [0.15, 0.2) is 5.71 Å². The van der Waals surface area contributed by atoms with Crippen molar-refractivity contribution >= 4 is 18.8 Å². The molecule has 1 atom stereocenters. The molecule has 0 saturated heterocycles. The molecule has 2 aromatic carbocycles. The minimum absolute atomic E-state index is 0. The molecule has 0 aliphatic heterocycles. The molecule has 1 heterocycles. The van der Waals surface area contributed by atoms with E-state index in [1.165, 1.54) is 7.11 Å². The van der Waals surface area contributed by atoms with Crippen LogP contribution in [0.15, 0.2) is 78.5 Å². The summed E-state index contributed by atoms with van der Waals surface area (Å²) in [6.07, 6.45) is 5.51. The van der Waals surface area contributed by atoms with Crippen molar-refractivity contribution in [3.05, 3.63) is 91.1 Å². The summed E-state index contributed by atoms with van der Waals surface area (Å²) in [5.74, 6) is -0.461. The van der Waals surface area contributed by atoms with Gasteiger partial charge in [-0.3, -0.25) is 11.5 Å². The Morgan fingerprint density at radius 1 is 1.20 bits per heavy atom. The van der Waals surface area contributed by atoms with Crippen LogP contribution in [0, 0.1) is 6.66 Å². The van der Waals surface area contributed by atoms with Gasteiger partial charge in [-0.25, -0.2) is 4.98 Å². The predicted molar refractivity (Wildman–Crippen MR) is 113 cm³/mol. The van der Waals surface area contributed by atoms with E-state index in [1.54, 1.807) is 36.8 Å². The molecule has 156 valence electrons. The zero-order valence-electron chi connectivity index (χ0n) is 16.5. The molecule has 3 rings (SSSR count). The van der Waals surface area contributed by atoms with Gasteiger partial charge in [-0.1, -0.05) is 47.6 Å². The van der Waals surface area contributed by atoms with Crippen molar-refractivity contribution in [2.24, 2.45) is 5.16 Å². The second-order valence-electron chi connectivity index (χ2n) is 6.51. The molecule has 0 bridgehead atoms. The maximum absolute atomic E-state index is 12.9. The van der Waals surface area contributed by atoms with E-state index in [1.807, 2.05) is 41.1 Å². The minimum atomic E-state index is -2.89. The molecule has 7 nitrogen and oxygen atoms in total. The fourth-order valence-corrected chi connectivity index (χ4v) is 4.21. The summed E-state index contributed by atoms with van der Waals surface area (Å²) in [5, 5.41) is 6.47. The van der Waals surface area contributed by atoms with Crippen LogP contribution in [0.4, 0.5) is 0 Å². The van der Waals surface area contributed by atoms with Crippen LogP contribution in [0.3, 0.4) is 0 Å². The van der Waals surface area contributed by atoms with Crippen molar-refractivity contribution < 1.29 is 35.3 Å². The second-order valence-corrected chi connectivity index (χ2v) is 9.25. The number of aromatic nitrogens is 2. The van der Waals surface area contributed by atoms with Gasteiger partial charge in [0.05, 0.1) is 6.33 Å². The summed E-state index contributed by atoms with van der Waals surface area (Å²) >= 11 is 0. The van der Waals surface area contributed by atoms with Crippen LogP contribution in [-0.4, -0.2) is 34.6 Å². The van der Waals surface area contributed by atoms with Gasteiger partial charge in [0.2, 0.25) is 0 Å². The molecular formula is C21H22N4O3PW-. The van der Waals surface area contributed by atoms with Crippen LogP contribution in [0.1, 0.15) is 11.1 Å². The third kappa shape index (κ3) is 6.51. The number of benzene rings is 2. The standard InChI is InChI=1S/C21H22N4O3P.W/c1-28-24-20(18-6-4-3-5-7-18)21(26)23-16-29(2,27)14-17-8-10-19(11-9-17)25-13-12-22-15-25;/h3-13,15H,2,14,16H2,1H3,(H,23,26);/q-1;/b24-20-;. The Hall–Kier alpha value is -2.49. The van der Waals surface area contributed by atoms with E-state index in [9.17, 15) is 9.36 Å². The number of imidazole rings is 1. The molecule has 0 saturated carbocycles. The van der Waals surface area contributed by atoms with Crippen molar-refractivity contribution in [1.29, 1.82) is 0 Å². The molecule has 1 unspecified atom stereocenters. The van der Waals surface area contributed by atoms with Gasteiger partial charge in [-0.2, -0.15) is 0 Å². The third-order valence-electron chi connectivity index (χ3n) is 4.18. The van der Waals surface area contributed by atoms with Gasteiger partial charge in [0.25, 0.3) is 5.91 Å². The molecule has 0 radical (unpaired) electrons. The molecule has 1 N–H and O–H groups in total. The maximum atomic E-state index is 12.9. The number of carbonyl (C=O) groups excluding carboxylic acids is 1. The van der Waals surface area contributed by atoms with Crippen LogP contribution in [0.2, 0.25) is 0 Å². The van der Waals surface area contributed by atoms with Crippen molar-refractivity contribution in [2.45, 2.75) is 6.16 Å². The fourth-order valence-electron chi connectivity index (χ4n) is 2.79. The van der Waals surface area contributed by atoms with E-state index < -0.39 is 13.0 Å². The molecule has 0 aliphatic carbocycles. The SMILES string of the molecule is [CH2-]P(=O)(CNC(=O)/C(=N\OC)c1ccccc1)Cc1ccc(-n2ccnc2)cc1.[W]. The average molecular weight is 593 g/mol. The first-order valence-electron chi connectivity index (χ1n) is 8.93. The minimum Gasteiger partial charge on any atom is -0.398 e. The molecule has 9 heteroatoms. The van der Waals surface area contributed by atoms with E-state index in [-0.39, 0.29) is 39.2 Å². The molecule has 0 fully saturated rings. The number of hydrogen-bond acceptors (Lipinski definition) is 5. The van der Waals surface area contributed by atoms with Crippen LogP contribution in [-0.2, 0) is 41.4 Å². The predicted octanol–water partition coefficient (Wildman–Crippen LogP) is 3.65. The third-order valence-corrected chi connectivity index (χ3v) is 5.86. The summed E-state index contributed by atoms with van der Waals surface area (Å²) in [6, 6.07) is 16.6. The second kappa shape index (κ2) is 11.1. The van der Waals surface area contributed by atoms with Gasteiger partial charge >= 0.3 is 0 Å². The van der Waals surface area contributed by atoms with Gasteiger partial charge in [0.1, 0.15) is 7.11 Å². The van der Waals surface area contributed by atoms with E-state index in [0.29, 0.717) is 5.56 Å². The Kier molecular flexibility index (Phi) is 8.76. The van der Waals surface area contributed by atoms with Crippen molar-refractivity contribution in [3.8, 4) is 5.69 Å². The van der Waals surface area contributed by atoms with Crippen molar-refractivity contribution in [3.63, 3.8) is 0 Å². The summed E-state index contributed by atoms with van der Waals surface area (Å²) < 4.78 is 14.8. The Morgan fingerprint density at radius 3 is 2.50 bits per heavy atom. The molecule has 30 heavy (non-hydrogen) atoms. The molecule has 0 aliphatic rings. The Bertz CT molecular complexity index is 1020. The Labute approximate surface area is 190 Å². The van der Waals surface area contributed by atoms with Gasteiger partial charge in [-0.05, 0) is 24.8 Å². The number of oxime groups is 1. The molecule has 0 spiro atoms. The number of carbonyl (C=O) groups is 1. The van der Waals surface area contributed by atoms with E-state index in [4.69, 9.17) is 4.84 Å². The average Bonchev–Trinajstić information content (AvgIpc) is 3.26. The maximum Gasteiger partial charge on any atom is 0.274 e. The number of nitrogens with one attached hydrogen (secondary N) is 1. The number of hydrogen-bond donors (Lipinski definition) is 1. The van der Waals surface area contributed by atoms with Crippen LogP contribution in [0.5, 0.6) is 0 Å². The Morgan fingerprint density at radius 2 is 1.90 bits per heavy atom. The van der Waals surface area contributed by atoms with Gasteiger partial charge in [-0.15, -0.1) is 0 Å². The van der Waals surface area contributed by atoms with Crippen LogP contribution >= 0.6 is 7.14 Å². The molecule has 3 aromatic rings. The smallest absolute Gasteiger partial charge is 0.274 e. The van der Waals surface area contributed by atoms with Crippen molar-refractivity contribution in [1.82, 2.24) is 14.9 Å². The normalized spacial score (nSPS) is 13.1. The van der Waals surface area contributed by atoms with Gasteiger partial charge in [0, 0.05) is 57.2 Å². The zero-order valence-corrected chi connectivity index (χ0v) is 20.3.